The van der Waals surface area contributed by atoms with Gasteiger partial charge in [-0.1, -0.05) is 6.08 Å². The molecule has 0 saturated heterocycles. The third kappa shape index (κ3) is 7.60. The lowest BCUT2D eigenvalue weighted by molar-refractivity contribution is -0.140. The molecule has 0 rings (SSSR count). The molecule has 0 aliphatic heterocycles. The number of ether oxygens (including phenoxy) is 1. The summed E-state index contributed by atoms with van der Waals surface area (Å²) in [6.45, 7) is 9.11. The van der Waals surface area contributed by atoms with Crippen LogP contribution in [0.4, 0.5) is 0 Å². The highest BCUT2D eigenvalue weighted by Crippen LogP contribution is 2.12. The first-order valence-electron chi connectivity index (χ1n) is 6.33. The summed E-state index contributed by atoms with van der Waals surface area (Å²) in [5, 5.41) is 0. The zero-order valence-corrected chi connectivity index (χ0v) is 12.7. The highest BCUT2D eigenvalue weighted by Gasteiger charge is 2.37. The molecule has 0 aliphatic rings. The van der Waals surface area contributed by atoms with E-state index < -0.39 is 8.80 Å². The first kappa shape index (κ1) is 17.3. The van der Waals surface area contributed by atoms with Crippen LogP contribution in [-0.4, -0.2) is 41.2 Å². The lowest BCUT2D eigenvalue weighted by Crippen LogP contribution is -2.44. The number of rotatable bonds is 10. The Bertz CT molecular complexity index is 238. The first-order valence-corrected chi connectivity index (χ1v) is 8.13. The monoisotopic (exact) mass is 276 g/mol. The summed E-state index contributed by atoms with van der Waals surface area (Å²) in [6, 6.07) is 0. The van der Waals surface area contributed by atoms with Gasteiger partial charge in [0.25, 0.3) is 0 Å². The van der Waals surface area contributed by atoms with Gasteiger partial charge in [-0.15, -0.1) is 0 Å². The Morgan fingerprint density at radius 3 is 1.94 bits per heavy atom. The summed E-state index contributed by atoms with van der Waals surface area (Å²) in [5.41, 5.74) is 1.85. The molecular weight excluding hydrogens is 252 g/mol. The molecule has 0 spiro atoms. The number of hydrogen-bond acceptors (Lipinski definition) is 5. The molecule has 0 aromatic rings. The van der Waals surface area contributed by atoms with E-state index in [-0.39, 0.29) is 5.97 Å². The van der Waals surface area contributed by atoms with E-state index in [1.54, 1.807) is 0 Å². The Morgan fingerprint density at radius 2 is 1.56 bits per heavy atom. The molecule has 0 bridgehead atoms. The summed E-state index contributed by atoms with van der Waals surface area (Å²) >= 11 is 0. The molecule has 6 heteroatoms. The van der Waals surface area contributed by atoms with E-state index in [2.05, 4.69) is 0 Å². The molecule has 0 saturated carbocycles. The third-order valence-corrected chi connectivity index (χ3v) is 4.67. The zero-order chi connectivity index (χ0) is 13.9. The Balaban J connectivity index is 4.35. The van der Waals surface area contributed by atoms with Crippen LogP contribution in [0.15, 0.2) is 11.8 Å². The van der Waals surface area contributed by atoms with Crippen LogP contribution in [0.1, 0.15) is 34.1 Å². The number of carbonyl (C=O) groups is 1. The van der Waals surface area contributed by atoms with Gasteiger partial charge in [0.15, 0.2) is 0 Å². The van der Waals surface area contributed by atoms with Gasteiger partial charge in [-0.25, -0.2) is 0 Å². The minimum Gasteiger partial charge on any atom is -0.466 e. The molecule has 0 aromatic heterocycles. The second-order valence-corrected chi connectivity index (χ2v) is 5.84. The average molecular weight is 276 g/mol. The van der Waals surface area contributed by atoms with Gasteiger partial charge >= 0.3 is 14.8 Å². The van der Waals surface area contributed by atoms with Crippen molar-refractivity contribution >= 4 is 14.8 Å². The average Bonchev–Trinajstić information content (AvgIpc) is 2.29. The maximum Gasteiger partial charge on any atom is 0.529 e. The highest BCUT2D eigenvalue weighted by molar-refractivity contribution is 6.66. The van der Waals surface area contributed by atoms with Crippen molar-refractivity contribution in [1.82, 2.24) is 0 Å². The van der Waals surface area contributed by atoms with Crippen LogP contribution in [0.2, 0.25) is 0 Å². The zero-order valence-electron chi connectivity index (χ0n) is 11.7. The first-order chi connectivity index (χ1) is 8.60. The molecule has 0 aliphatic carbocycles. The minimum atomic E-state index is -2.69. The Morgan fingerprint density at radius 1 is 1.06 bits per heavy atom. The van der Waals surface area contributed by atoms with Crippen molar-refractivity contribution in [1.29, 1.82) is 0 Å². The van der Waals surface area contributed by atoms with E-state index in [9.17, 15) is 4.79 Å². The van der Waals surface area contributed by atoms with E-state index in [4.69, 9.17) is 18.0 Å². The molecule has 0 atom stereocenters. The fourth-order valence-electron chi connectivity index (χ4n) is 1.37. The maximum atomic E-state index is 10.6. The van der Waals surface area contributed by atoms with Crippen molar-refractivity contribution in [3.63, 3.8) is 0 Å². The van der Waals surface area contributed by atoms with Crippen molar-refractivity contribution in [2.24, 2.45) is 0 Å². The Kier molecular flexibility index (Phi) is 9.86. The Labute approximate surface area is 110 Å². The van der Waals surface area contributed by atoms with Gasteiger partial charge in [0.05, 0.1) is 6.61 Å². The van der Waals surface area contributed by atoms with E-state index in [0.29, 0.717) is 32.8 Å². The summed E-state index contributed by atoms with van der Waals surface area (Å²) in [7, 11) is -2.69. The largest absolute Gasteiger partial charge is 0.529 e. The summed E-state index contributed by atoms with van der Waals surface area (Å²) in [6.07, 6.45) is 2.51. The van der Waals surface area contributed by atoms with E-state index in [1.807, 2.05) is 32.5 Å². The quantitative estimate of drug-likeness (QED) is 0.347. The van der Waals surface area contributed by atoms with Crippen LogP contribution in [0.5, 0.6) is 0 Å². The predicted molar refractivity (Wildman–Crippen MR) is 71.0 cm³/mol. The molecule has 0 N–H and O–H groups in total. The normalized spacial score (nSPS) is 12.0. The summed E-state index contributed by atoms with van der Waals surface area (Å²) in [5.74, 6) is -0.272. The fraction of sp³-hybridized carbons (Fsp3) is 0.750. The van der Waals surface area contributed by atoms with Gasteiger partial charge in [0.2, 0.25) is 0 Å². The number of esters is 1. The van der Waals surface area contributed by atoms with Crippen molar-refractivity contribution in [2.75, 3.05) is 26.4 Å². The van der Waals surface area contributed by atoms with Gasteiger partial charge in [-0.3, -0.25) is 4.79 Å². The molecule has 106 valence electrons. The lowest BCUT2D eigenvalue weighted by Gasteiger charge is -2.25. The van der Waals surface area contributed by atoms with Crippen LogP contribution in [0.25, 0.3) is 0 Å². The van der Waals surface area contributed by atoms with E-state index in [0.717, 1.165) is 0 Å². The molecular formula is C12H24O5Si. The van der Waals surface area contributed by atoms with Gasteiger partial charge in [0, 0.05) is 26.7 Å². The topological polar surface area (TPSA) is 54.0 Å². The molecule has 5 nitrogen and oxygen atoms in total. The van der Waals surface area contributed by atoms with Crippen LogP contribution in [-0.2, 0) is 22.8 Å². The highest BCUT2D eigenvalue weighted by atomic mass is 28.4. The third-order valence-electron chi connectivity index (χ3n) is 1.95. The second-order valence-electron chi connectivity index (χ2n) is 3.43. The molecule has 0 heterocycles. The number of hydrogen-bond donors (Lipinski definition) is 0. The van der Waals surface area contributed by atoms with Gasteiger partial charge < -0.3 is 18.0 Å². The standard InChI is InChI=1S/C12H24O5Si/c1-5-15-18(16-6-2,17-7-3)11-9-8-10-14-12(4)13/h9,11H,5-8,10H2,1-4H3/b11-9+. The minimum absolute atomic E-state index is 0.272. The SMILES string of the molecule is CCO[Si](/C=C/CCOC(C)=O)(OCC)OCC. The second kappa shape index (κ2) is 10.2. The molecule has 0 aromatic carbocycles. The van der Waals surface area contributed by atoms with Crippen molar-refractivity contribution in [3.05, 3.63) is 11.8 Å². The lowest BCUT2D eigenvalue weighted by atomic mass is 10.4. The van der Waals surface area contributed by atoms with E-state index in [1.165, 1.54) is 6.92 Å². The van der Waals surface area contributed by atoms with Crippen molar-refractivity contribution < 1.29 is 22.8 Å². The maximum absolute atomic E-state index is 10.6. The molecule has 0 radical (unpaired) electrons. The summed E-state index contributed by atoms with van der Waals surface area (Å²) < 4.78 is 21.8. The van der Waals surface area contributed by atoms with Gasteiger partial charge in [-0.05, 0) is 32.9 Å². The molecule has 18 heavy (non-hydrogen) atoms. The smallest absolute Gasteiger partial charge is 0.466 e. The molecule has 0 unspecified atom stereocenters. The van der Waals surface area contributed by atoms with Crippen LogP contribution in [0.3, 0.4) is 0 Å². The van der Waals surface area contributed by atoms with Crippen molar-refractivity contribution in [3.8, 4) is 0 Å². The van der Waals surface area contributed by atoms with Gasteiger partial charge in [0.1, 0.15) is 0 Å². The molecule has 0 amide bonds. The van der Waals surface area contributed by atoms with Crippen LogP contribution in [0, 0.1) is 0 Å². The van der Waals surface area contributed by atoms with Crippen LogP contribution >= 0.6 is 0 Å². The Hall–Kier alpha value is -0.693. The van der Waals surface area contributed by atoms with Crippen molar-refractivity contribution in [2.45, 2.75) is 34.1 Å². The fourth-order valence-corrected chi connectivity index (χ4v) is 3.57. The molecule has 0 fully saturated rings. The van der Waals surface area contributed by atoms with Gasteiger partial charge in [-0.2, -0.15) is 0 Å². The number of carbonyl (C=O) groups excluding carboxylic acids is 1. The van der Waals surface area contributed by atoms with E-state index >= 15 is 0 Å². The van der Waals surface area contributed by atoms with Crippen LogP contribution < -0.4 is 0 Å². The predicted octanol–water partition coefficient (Wildman–Crippen LogP) is 2.08. The summed E-state index contributed by atoms with van der Waals surface area (Å²) in [4.78, 5) is 10.6.